The quantitative estimate of drug-likeness (QED) is 0.0197. The predicted octanol–water partition coefficient (Wildman–Crippen LogP) is 11.1. The number of nitrogens with one attached hydrogen (secondary N) is 2. The van der Waals surface area contributed by atoms with Gasteiger partial charge in [-0.05, 0) is 158 Å². The van der Waals surface area contributed by atoms with Gasteiger partial charge in [0.25, 0.3) is 0 Å². The third kappa shape index (κ3) is 14.5. The highest BCUT2D eigenvalue weighted by Crippen LogP contribution is 2.67. The fourth-order valence-electron chi connectivity index (χ4n) is 13.0. The zero-order valence-corrected chi connectivity index (χ0v) is 45.1. The number of hydrogen-bond acceptors (Lipinski definition) is 11. The molecule has 0 radical (unpaired) electrons. The van der Waals surface area contributed by atoms with E-state index >= 15 is 0 Å². The molecule has 7 rings (SSSR count). The minimum absolute atomic E-state index is 0.00249. The maximum absolute atomic E-state index is 12.8. The van der Waals surface area contributed by atoms with Crippen LogP contribution in [0.25, 0.3) is 12.2 Å². The molecule has 8 atom stereocenters. The van der Waals surface area contributed by atoms with Crippen LogP contribution in [0, 0.1) is 46.3 Å². The maximum Gasteiger partial charge on any atom is 0.246 e. The number of aliphatic hydroxyl groups is 1. The number of fused-ring (bicyclic) bond motifs is 5. The lowest BCUT2D eigenvalue weighted by Gasteiger charge is -2.58. The summed E-state index contributed by atoms with van der Waals surface area (Å²) in [6.45, 7) is 14.1. The number of carbonyl (C=O) groups is 3. The van der Waals surface area contributed by atoms with E-state index in [0.717, 1.165) is 73.7 Å². The third-order valence-corrected chi connectivity index (χ3v) is 17.1. The van der Waals surface area contributed by atoms with Crippen LogP contribution in [0.5, 0.6) is 23.0 Å². The molecule has 3 fully saturated rings. The number of aryl methyl sites for hydroxylation is 1. The van der Waals surface area contributed by atoms with E-state index < -0.39 is 5.78 Å². The summed E-state index contributed by atoms with van der Waals surface area (Å²) >= 11 is 0. The highest BCUT2D eigenvalue weighted by molar-refractivity contribution is 6.02. The largest absolute Gasteiger partial charge is 0.508 e. The van der Waals surface area contributed by atoms with E-state index in [4.69, 9.17) is 18.9 Å². The smallest absolute Gasteiger partial charge is 0.246 e. The van der Waals surface area contributed by atoms with E-state index in [2.05, 4.69) is 61.6 Å². The van der Waals surface area contributed by atoms with Crippen LogP contribution in [0.4, 0.5) is 0 Å². The van der Waals surface area contributed by atoms with E-state index in [0.29, 0.717) is 46.8 Å². The summed E-state index contributed by atoms with van der Waals surface area (Å²) in [5.74, 6) is 5.22. The first-order valence-corrected chi connectivity index (χ1v) is 27.3. The standard InChI is InChI=1S/C60H83N5O9/c1-40(2)11-10-12-41(3)50-21-22-51-49-20-17-44-35-48(25-28-59(44,4)52(49)26-29-60(50,51)5)73-39-58(70)62-31-27-57(69)61-30-8-9-32-65-37-45(63-64-65)38-74-54-24-16-43(34-56(54)72-7)14-19-47(67)36-46(66)18-13-42-15-23-53(68)55(33-42)71-6/h13-19,23-24,33-34,36-37,40-41,48-52,67-68H,8-12,20-22,25-32,35,38-39H2,1-7H3,(H,61,69)(H,62,70)/b18-13+,19-14+,47-36-/t41-,48+,49+,50-,51+,52+,59+,60-/m1/s1. The number of benzene rings is 2. The van der Waals surface area contributed by atoms with Crippen LogP contribution in [0.3, 0.4) is 0 Å². The highest BCUT2D eigenvalue weighted by atomic mass is 16.5. The minimum atomic E-state index is -0.422. The van der Waals surface area contributed by atoms with Crippen molar-refractivity contribution in [1.29, 1.82) is 0 Å². The van der Waals surface area contributed by atoms with Gasteiger partial charge >= 0.3 is 0 Å². The van der Waals surface area contributed by atoms with Gasteiger partial charge in [-0.2, -0.15) is 0 Å². The third-order valence-electron chi connectivity index (χ3n) is 17.1. The molecule has 74 heavy (non-hydrogen) atoms. The molecule has 3 saturated carbocycles. The fourth-order valence-corrected chi connectivity index (χ4v) is 13.0. The van der Waals surface area contributed by atoms with Crippen molar-refractivity contribution < 1.29 is 43.5 Å². The second-order valence-corrected chi connectivity index (χ2v) is 22.4. The second kappa shape index (κ2) is 26.1. The lowest BCUT2D eigenvalue weighted by Crippen LogP contribution is -2.51. The fraction of sp³-hybridized carbons (Fsp3) is 0.583. The molecule has 2 aromatic carbocycles. The van der Waals surface area contributed by atoms with Gasteiger partial charge in [-0.25, -0.2) is 0 Å². The summed E-state index contributed by atoms with van der Waals surface area (Å²) in [6.07, 6.45) is 27.1. The molecule has 4 aliphatic carbocycles. The van der Waals surface area contributed by atoms with Gasteiger partial charge in [-0.1, -0.05) is 95.0 Å². The number of ketones is 1. The Morgan fingerprint density at radius 2 is 1.61 bits per heavy atom. The van der Waals surface area contributed by atoms with E-state index in [1.165, 1.54) is 83.8 Å². The molecule has 2 amide bonds. The summed E-state index contributed by atoms with van der Waals surface area (Å²) in [6, 6.07) is 9.98. The van der Waals surface area contributed by atoms with Crippen LogP contribution >= 0.6 is 0 Å². The van der Waals surface area contributed by atoms with Crippen molar-refractivity contribution in [2.45, 2.75) is 144 Å². The van der Waals surface area contributed by atoms with Gasteiger partial charge in [-0.3, -0.25) is 19.1 Å². The van der Waals surface area contributed by atoms with Crippen LogP contribution in [-0.2, 0) is 32.3 Å². The number of carbonyl (C=O) groups excluding carboxylic acids is 3. The number of hydrogen-bond donors (Lipinski definition) is 4. The summed E-state index contributed by atoms with van der Waals surface area (Å²) < 4.78 is 24.6. The Morgan fingerprint density at radius 1 is 0.851 bits per heavy atom. The Labute approximate surface area is 439 Å². The molecule has 4 aliphatic rings. The van der Waals surface area contributed by atoms with Crippen molar-refractivity contribution >= 4 is 29.7 Å². The monoisotopic (exact) mass is 1020 g/mol. The van der Waals surface area contributed by atoms with E-state index in [9.17, 15) is 24.6 Å². The second-order valence-electron chi connectivity index (χ2n) is 22.4. The summed E-state index contributed by atoms with van der Waals surface area (Å²) in [5.41, 5.74) is 4.30. The minimum Gasteiger partial charge on any atom is -0.508 e. The van der Waals surface area contributed by atoms with Crippen molar-refractivity contribution in [3.8, 4) is 23.0 Å². The molecular weight excluding hydrogens is 935 g/mol. The van der Waals surface area contributed by atoms with E-state index in [-0.39, 0.29) is 66.8 Å². The topological polar surface area (TPSA) is 183 Å². The summed E-state index contributed by atoms with van der Waals surface area (Å²) in [5, 5.41) is 34.4. The number of amides is 2. The number of aromatic hydroxyl groups is 1. The number of phenols is 1. The van der Waals surface area contributed by atoms with Crippen molar-refractivity contribution in [3.63, 3.8) is 0 Å². The predicted molar refractivity (Wildman–Crippen MR) is 288 cm³/mol. The van der Waals surface area contributed by atoms with Crippen molar-refractivity contribution in [3.05, 3.63) is 95.1 Å². The lowest BCUT2D eigenvalue weighted by molar-refractivity contribution is -0.129. The molecule has 0 saturated heterocycles. The Kier molecular flexibility index (Phi) is 19.7. The first-order valence-electron chi connectivity index (χ1n) is 27.3. The SMILES string of the molecule is COc1cc(/C=C/C(=O)/C=C(O)/C=C/c2ccc(OCc3cn(CCCCNC(=O)CCNC(=O)CO[C@H]4CC[C@@]5(C)C(=CC[C@H]6[C@@H]7CC[C@H]([C@H](C)CCCC(C)C)[C@@]7(C)CC[C@@H]65)C4)nn3)c(OC)c2)ccc1O. The van der Waals surface area contributed by atoms with Gasteiger partial charge in [0.1, 0.15) is 24.7 Å². The number of rotatable bonds is 26. The zero-order chi connectivity index (χ0) is 52.8. The molecule has 3 aromatic rings. The molecule has 1 aromatic heterocycles. The van der Waals surface area contributed by atoms with Gasteiger partial charge in [0.05, 0.1) is 26.5 Å². The van der Waals surface area contributed by atoms with E-state index in [1.54, 1.807) is 52.7 Å². The molecule has 402 valence electrons. The Morgan fingerprint density at radius 3 is 2.39 bits per heavy atom. The normalized spacial score (nSPS) is 25.0. The lowest BCUT2D eigenvalue weighted by atomic mass is 9.47. The first kappa shape index (κ1) is 55.9. The molecule has 4 N–H and O–H groups in total. The number of methoxy groups -OCH3 is 2. The maximum atomic E-state index is 12.8. The molecule has 0 bridgehead atoms. The van der Waals surface area contributed by atoms with Gasteiger partial charge in [0.15, 0.2) is 28.8 Å². The average Bonchev–Trinajstić information content (AvgIpc) is 4.00. The molecule has 14 heteroatoms. The number of allylic oxidation sites excluding steroid dienone is 4. The van der Waals surface area contributed by atoms with Crippen LogP contribution < -0.4 is 24.8 Å². The van der Waals surface area contributed by atoms with Gasteiger partial charge < -0.3 is 39.8 Å². The van der Waals surface area contributed by atoms with Crippen LogP contribution in [-0.4, -0.2) is 82.8 Å². The van der Waals surface area contributed by atoms with Gasteiger partial charge in [0, 0.05) is 32.1 Å². The van der Waals surface area contributed by atoms with Crippen molar-refractivity contribution in [1.82, 2.24) is 25.6 Å². The summed E-state index contributed by atoms with van der Waals surface area (Å²) in [4.78, 5) is 37.7. The molecule has 0 spiro atoms. The van der Waals surface area contributed by atoms with Crippen LogP contribution in [0.15, 0.2) is 78.2 Å². The number of aliphatic hydroxyl groups excluding tert-OH is 1. The molecule has 14 nitrogen and oxygen atoms in total. The Hall–Kier alpha value is -5.89. The van der Waals surface area contributed by atoms with Crippen molar-refractivity contribution in [2.24, 2.45) is 46.3 Å². The Bertz CT molecular complexity index is 2510. The number of nitrogens with zero attached hydrogens (tertiary/aromatic N) is 3. The van der Waals surface area contributed by atoms with Crippen LogP contribution in [0.2, 0.25) is 0 Å². The Balaban J connectivity index is 0.741. The number of phenolic OH excluding ortho intramolecular Hbond substituents is 1. The highest BCUT2D eigenvalue weighted by Gasteiger charge is 2.59. The zero-order valence-electron chi connectivity index (χ0n) is 45.1. The molecule has 0 unspecified atom stereocenters. The number of aromatic nitrogens is 3. The molecule has 1 heterocycles. The number of unbranched alkanes of at least 4 members (excludes halogenated alkanes) is 1. The van der Waals surface area contributed by atoms with E-state index in [1.807, 2.05) is 6.20 Å². The molecular formula is C60H83N5O9. The van der Waals surface area contributed by atoms with Crippen LogP contribution in [0.1, 0.15) is 141 Å². The first-order chi connectivity index (χ1) is 35.6. The molecule has 0 aliphatic heterocycles. The van der Waals surface area contributed by atoms with Gasteiger partial charge in [-0.15, -0.1) is 5.10 Å². The number of ether oxygens (including phenoxy) is 4. The van der Waals surface area contributed by atoms with Crippen molar-refractivity contribution in [2.75, 3.05) is 33.9 Å². The van der Waals surface area contributed by atoms with Gasteiger partial charge in [0.2, 0.25) is 11.8 Å². The summed E-state index contributed by atoms with van der Waals surface area (Å²) in [7, 11) is 2.97. The average molecular weight is 1020 g/mol.